The predicted molar refractivity (Wildman–Crippen MR) is 81.6 cm³/mol. The lowest BCUT2D eigenvalue weighted by atomic mass is 10.1. The summed E-state index contributed by atoms with van der Waals surface area (Å²) in [6, 6.07) is 6.56. The maximum atomic E-state index is 10.6. The lowest BCUT2D eigenvalue weighted by Crippen LogP contribution is -1.87. The van der Waals surface area contributed by atoms with E-state index in [1.54, 1.807) is 29.4 Å². The highest BCUT2D eigenvalue weighted by atomic mass is 35.5. The topological polar surface area (TPSA) is 43.1 Å². The molecule has 0 atom stereocenters. The van der Waals surface area contributed by atoms with Gasteiger partial charge in [-0.15, -0.1) is 0 Å². The standard InChI is InChI=1S/C14H18ClNO2S/c1-2-3-4-5-6-14(11-15)19-13-9-7-12(8-10-13)16(17)18/h7-11H,2-6H2,1H3/b14-11+. The van der Waals surface area contributed by atoms with Gasteiger partial charge >= 0.3 is 0 Å². The fourth-order valence-electron chi connectivity index (χ4n) is 1.64. The largest absolute Gasteiger partial charge is 0.269 e. The van der Waals surface area contributed by atoms with Gasteiger partial charge in [0.05, 0.1) is 4.92 Å². The first-order chi connectivity index (χ1) is 9.17. The molecule has 3 nitrogen and oxygen atoms in total. The van der Waals surface area contributed by atoms with E-state index in [1.807, 2.05) is 0 Å². The number of unbranched alkanes of at least 4 members (excludes halogenated alkanes) is 3. The number of benzene rings is 1. The van der Waals surface area contributed by atoms with Crippen LogP contribution in [0.4, 0.5) is 5.69 Å². The Bertz CT molecular complexity index is 432. The van der Waals surface area contributed by atoms with E-state index >= 15 is 0 Å². The molecule has 0 unspecified atom stereocenters. The second-order valence-electron chi connectivity index (χ2n) is 4.24. The van der Waals surface area contributed by atoms with Crippen molar-refractivity contribution in [2.45, 2.75) is 43.9 Å². The van der Waals surface area contributed by atoms with Crippen molar-refractivity contribution in [1.82, 2.24) is 0 Å². The minimum atomic E-state index is -0.391. The molecule has 0 N–H and O–H groups in total. The number of rotatable bonds is 8. The van der Waals surface area contributed by atoms with Gasteiger partial charge in [0.25, 0.3) is 5.69 Å². The predicted octanol–water partition coefficient (Wildman–Crippen LogP) is 5.74. The molecule has 0 aliphatic heterocycles. The van der Waals surface area contributed by atoms with Gasteiger partial charge in [-0.05, 0) is 25.0 Å². The highest BCUT2D eigenvalue weighted by Crippen LogP contribution is 2.31. The van der Waals surface area contributed by atoms with Crippen LogP contribution in [0.25, 0.3) is 0 Å². The molecule has 1 aromatic rings. The molecule has 5 heteroatoms. The van der Waals surface area contributed by atoms with Gasteiger partial charge in [-0.2, -0.15) is 0 Å². The number of nitrogens with zero attached hydrogens (tertiary/aromatic N) is 1. The summed E-state index contributed by atoms with van der Waals surface area (Å²) in [6.07, 6.45) is 5.77. The van der Waals surface area contributed by atoms with Gasteiger partial charge in [-0.3, -0.25) is 10.1 Å². The summed E-state index contributed by atoms with van der Waals surface area (Å²) in [5, 5.41) is 10.6. The number of nitro benzene ring substituents is 1. The molecule has 0 saturated heterocycles. The van der Waals surface area contributed by atoms with Crippen molar-refractivity contribution in [3.63, 3.8) is 0 Å². The molecule has 1 aromatic carbocycles. The summed E-state index contributed by atoms with van der Waals surface area (Å²) < 4.78 is 0. The summed E-state index contributed by atoms with van der Waals surface area (Å²) in [5.74, 6) is 0. The number of allylic oxidation sites excluding steroid dienone is 1. The molecule has 104 valence electrons. The molecule has 0 spiro atoms. The highest BCUT2D eigenvalue weighted by molar-refractivity contribution is 8.03. The van der Waals surface area contributed by atoms with Crippen molar-refractivity contribution >= 4 is 29.1 Å². The Balaban J connectivity index is 2.49. The second-order valence-corrected chi connectivity index (χ2v) is 5.66. The highest BCUT2D eigenvalue weighted by Gasteiger charge is 2.06. The van der Waals surface area contributed by atoms with Crippen LogP contribution in [0.5, 0.6) is 0 Å². The van der Waals surface area contributed by atoms with E-state index in [-0.39, 0.29) is 5.69 Å². The summed E-state index contributed by atoms with van der Waals surface area (Å²) in [4.78, 5) is 12.3. The fraction of sp³-hybridized carbons (Fsp3) is 0.429. The van der Waals surface area contributed by atoms with Crippen LogP contribution < -0.4 is 0 Å². The Hall–Kier alpha value is -1.00. The summed E-state index contributed by atoms with van der Waals surface area (Å²) in [6.45, 7) is 2.18. The van der Waals surface area contributed by atoms with Crippen LogP contribution in [0.1, 0.15) is 39.0 Å². The molecule has 0 fully saturated rings. The van der Waals surface area contributed by atoms with E-state index in [1.165, 1.54) is 31.4 Å². The van der Waals surface area contributed by atoms with Crippen LogP contribution in [0.2, 0.25) is 0 Å². The third kappa shape index (κ3) is 6.12. The van der Waals surface area contributed by atoms with Gasteiger partial charge in [0.2, 0.25) is 0 Å². The molecule has 0 radical (unpaired) electrons. The lowest BCUT2D eigenvalue weighted by Gasteiger charge is -2.05. The maximum absolute atomic E-state index is 10.6. The van der Waals surface area contributed by atoms with Crippen LogP contribution in [-0.4, -0.2) is 4.92 Å². The third-order valence-corrected chi connectivity index (χ3v) is 4.18. The van der Waals surface area contributed by atoms with E-state index in [2.05, 4.69) is 6.92 Å². The van der Waals surface area contributed by atoms with Gasteiger partial charge in [-0.25, -0.2) is 0 Å². The van der Waals surface area contributed by atoms with Crippen molar-refractivity contribution in [3.8, 4) is 0 Å². The molecule has 0 aliphatic rings. The molecule has 0 aliphatic carbocycles. The SMILES string of the molecule is CCCCCC/C(=C\Cl)Sc1ccc([N+](=O)[O-])cc1. The van der Waals surface area contributed by atoms with Crippen molar-refractivity contribution < 1.29 is 4.92 Å². The van der Waals surface area contributed by atoms with Crippen molar-refractivity contribution in [3.05, 3.63) is 44.8 Å². The zero-order valence-corrected chi connectivity index (χ0v) is 12.5. The van der Waals surface area contributed by atoms with Gasteiger partial charge in [0.15, 0.2) is 0 Å². The van der Waals surface area contributed by atoms with Crippen LogP contribution in [-0.2, 0) is 0 Å². The summed E-state index contributed by atoms with van der Waals surface area (Å²) in [5.41, 5.74) is 1.72. The Kier molecular flexibility index (Phi) is 7.60. The van der Waals surface area contributed by atoms with E-state index in [9.17, 15) is 10.1 Å². The molecule has 0 heterocycles. The first-order valence-corrected chi connectivity index (χ1v) is 7.64. The van der Waals surface area contributed by atoms with Crippen molar-refractivity contribution in [2.75, 3.05) is 0 Å². The number of halogens is 1. The van der Waals surface area contributed by atoms with Gasteiger partial charge in [-0.1, -0.05) is 49.5 Å². The second kappa shape index (κ2) is 8.99. The smallest absolute Gasteiger partial charge is 0.258 e. The normalized spacial score (nSPS) is 11.6. The number of thioether (sulfide) groups is 1. The minimum absolute atomic E-state index is 0.115. The van der Waals surface area contributed by atoms with Crippen LogP contribution >= 0.6 is 23.4 Å². The third-order valence-electron chi connectivity index (χ3n) is 2.69. The molecule has 19 heavy (non-hydrogen) atoms. The van der Waals surface area contributed by atoms with E-state index in [0.29, 0.717) is 0 Å². The fourth-order valence-corrected chi connectivity index (χ4v) is 2.75. The number of hydrogen-bond donors (Lipinski definition) is 0. The van der Waals surface area contributed by atoms with E-state index in [4.69, 9.17) is 11.6 Å². The molecule has 1 rings (SSSR count). The first-order valence-electron chi connectivity index (χ1n) is 6.39. The zero-order valence-electron chi connectivity index (χ0n) is 11.0. The average Bonchev–Trinajstić information content (AvgIpc) is 2.42. The number of hydrogen-bond acceptors (Lipinski definition) is 3. The lowest BCUT2D eigenvalue weighted by molar-refractivity contribution is -0.384. The van der Waals surface area contributed by atoms with Crippen LogP contribution in [0.3, 0.4) is 0 Å². The van der Waals surface area contributed by atoms with Crippen molar-refractivity contribution in [1.29, 1.82) is 0 Å². The average molecular weight is 300 g/mol. The van der Waals surface area contributed by atoms with Crippen LogP contribution in [0.15, 0.2) is 39.6 Å². The zero-order chi connectivity index (χ0) is 14.1. The Labute approximate surface area is 123 Å². The first kappa shape index (κ1) is 16.1. The van der Waals surface area contributed by atoms with E-state index in [0.717, 1.165) is 22.6 Å². The molecular formula is C14H18ClNO2S. The summed E-state index contributed by atoms with van der Waals surface area (Å²) in [7, 11) is 0. The quantitative estimate of drug-likeness (QED) is 0.266. The Morgan fingerprint density at radius 1 is 1.32 bits per heavy atom. The molecule has 0 bridgehead atoms. The summed E-state index contributed by atoms with van der Waals surface area (Å²) >= 11 is 7.39. The van der Waals surface area contributed by atoms with E-state index < -0.39 is 4.92 Å². The minimum Gasteiger partial charge on any atom is -0.258 e. The Morgan fingerprint density at radius 2 is 2.00 bits per heavy atom. The van der Waals surface area contributed by atoms with Crippen LogP contribution in [0, 0.1) is 10.1 Å². The number of non-ortho nitro benzene ring substituents is 1. The Morgan fingerprint density at radius 3 is 2.53 bits per heavy atom. The van der Waals surface area contributed by atoms with Gasteiger partial charge in [0.1, 0.15) is 0 Å². The van der Waals surface area contributed by atoms with Gasteiger partial charge < -0.3 is 0 Å². The molecule has 0 saturated carbocycles. The molecule has 0 aromatic heterocycles. The molecular weight excluding hydrogens is 282 g/mol. The van der Waals surface area contributed by atoms with Crippen molar-refractivity contribution in [2.24, 2.45) is 0 Å². The maximum Gasteiger partial charge on any atom is 0.269 e. The monoisotopic (exact) mass is 299 g/mol. The number of nitro groups is 1. The molecule has 0 amide bonds. The van der Waals surface area contributed by atoms with Gasteiger partial charge in [0, 0.05) is 27.5 Å².